The van der Waals surface area contributed by atoms with Crippen LogP contribution in [-0.4, -0.2) is 50.9 Å². The highest BCUT2D eigenvalue weighted by Gasteiger charge is 2.41. The van der Waals surface area contributed by atoms with Crippen LogP contribution in [0.3, 0.4) is 0 Å². The van der Waals surface area contributed by atoms with Crippen LogP contribution in [-0.2, 0) is 4.74 Å². The highest BCUT2D eigenvalue weighted by Crippen LogP contribution is 2.21. The van der Waals surface area contributed by atoms with Gasteiger partial charge in [0.1, 0.15) is 24.1 Å². The summed E-state index contributed by atoms with van der Waals surface area (Å²) in [5, 5.41) is 31.8. The van der Waals surface area contributed by atoms with Crippen LogP contribution < -0.4 is 5.32 Å². The molecule has 6 heteroatoms. The molecule has 94 valence electrons. The van der Waals surface area contributed by atoms with E-state index in [1.807, 2.05) is 0 Å². The van der Waals surface area contributed by atoms with Crippen molar-refractivity contribution in [2.45, 2.75) is 37.6 Å². The molecule has 4 N–H and O–H groups in total. The first-order chi connectivity index (χ1) is 8.09. The van der Waals surface area contributed by atoms with Crippen LogP contribution in [0.4, 0.5) is 5.82 Å². The van der Waals surface area contributed by atoms with E-state index in [0.29, 0.717) is 5.82 Å². The number of aromatic nitrogens is 1. The molecule has 1 aromatic rings. The molecule has 0 aliphatic carbocycles. The molecule has 0 spiro atoms. The Labute approximate surface area is 98.9 Å². The van der Waals surface area contributed by atoms with Crippen molar-refractivity contribution in [3.63, 3.8) is 0 Å². The van der Waals surface area contributed by atoms with Crippen LogP contribution >= 0.6 is 0 Å². The Kier molecular flexibility index (Phi) is 3.58. The number of rotatable bonds is 2. The van der Waals surface area contributed by atoms with Gasteiger partial charge in [-0.15, -0.1) is 0 Å². The maximum atomic E-state index is 9.76. The summed E-state index contributed by atoms with van der Waals surface area (Å²) in [6.45, 7) is 1.63. The van der Waals surface area contributed by atoms with Crippen molar-refractivity contribution < 1.29 is 20.1 Å². The molecule has 1 aliphatic heterocycles. The standard InChI is InChI=1S/C11H16N2O4/c1-6-8(14)9(15)10(16)11(17-6)13-7-4-2-3-5-12-7/h2-6,8-11,14-16H,1H3,(H,12,13)/t6-,8-,9+,10+,11-/m0/s1. The highest BCUT2D eigenvalue weighted by molar-refractivity contribution is 5.34. The van der Waals surface area contributed by atoms with Gasteiger partial charge in [0.25, 0.3) is 0 Å². The molecular formula is C11H16N2O4. The van der Waals surface area contributed by atoms with E-state index in [-0.39, 0.29) is 0 Å². The number of aliphatic hydroxyl groups excluding tert-OH is 3. The van der Waals surface area contributed by atoms with E-state index < -0.39 is 30.6 Å². The molecule has 0 amide bonds. The molecule has 1 aliphatic rings. The summed E-state index contributed by atoms with van der Waals surface area (Å²) in [6.07, 6.45) is -3.28. The molecule has 0 aromatic carbocycles. The Bertz CT molecular complexity index is 362. The van der Waals surface area contributed by atoms with Crippen molar-refractivity contribution in [1.82, 2.24) is 4.98 Å². The lowest BCUT2D eigenvalue weighted by atomic mass is 9.99. The number of hydrogen-bond acceptors (Lipinski definition) is 6. The fourth-order valence-electron chi connectivity index (χ4n) is 1.76. The largest absolute Gasteiger partial charge is 0.388 e. The van der Waals surface area contributed by atoms with Crippen LogP contribution in [0.1, 0.15) is 6.92 Å². The monoisotopic (exact) mass is 240 g/mol. The van der Waals surface area contributed by atoms with Gasteiger partial charge in [0.05, 0.1) is 6.10 Å². The average molecular weight is 240 g/mol. The van der Waals surface area contributed by atoms with Crippen LogP contribution in [0.25, 0.3) is 0 Å². The average Bonchev–Trinajstić information content (AvgIpc) is 2.35. The first-order valence-electron chi connectivity index (χ1n) is 5.47. The zero-order valence-corrected chi connectivity index (χ0v) is 9.39. The van der Waals surface area contributed by atoms with Crippen LogP contribution in [0.5, 0.6) is 0 Å². The molecule has 0 bridgehead atoms. The number of ether oxygens (including phenoxy) is 1. The molecule has 0 unspecified atom stereocenters. The second-order valence-electron chi connectivity index (χ2n) is 4.09. The van der Waals surface area contributed by atoms with Gasteiger partial charge >= 0.3 is 0 Å². The minimum absolute atomic E-state index is 0.535. The lowest BCUT2D eigenvalue weighted by Crippen LogP contribution is -2.58. The van der Waals surface area contributed by atoms with E-state index in [0.717, 1.165) is 0 Å². The van der Waals surface area contributed by atoms with Crippen molar-refractivity contribution in [3.05, 3.63) is 24.4 Å². The Morgan fingerprint density at radius 3 is 2.59 bits per heavy atom. The minimum Gasteiger partial charge on any atom is -0.388 e. The van der Waals surface area contributed by atoms with Gasteiger partial charge in [-0.2, -0.15) is 0 Å². The number of anilines is 1. The van der Waals surface area contributed by atoms with Gasteiger partial charge in [0.2, 0.25) is 0 Å². The topological polar surface area (TPSA) is 94.8 Å². The van der Waals surface area contributed by atoms with E-state index in [1.54, 1.807) is 31.3 Å². The first-order valence-corrected chi connectivity index (χ1v) is 5.47. The first kappa shape index (κ1) is 12.3. The molecule has 2 heterocycles. The molecule has 5 atom stereocenters. The molecule has 6 nitrogen and oxygen atoms in total. The fourth-order valence-corrected chi connectivity index (χ4v) is 1.76. The van der Waals surface area contributed by atoms with E-state index in [4.69, 9.17) is 4.74 Å². The Morgan fingerprint density at radius 1 is 1.18 bits per heavy atom. The van der Waals surface area contributed by atoms with E-state index >= 15 is 0 Å². The second-order valence-corrected chi connectivity index (χ2v) is 4.09. The number of nitrogens with zero attached hydrogens (tertiary/aromatic N) is 1. The van der Waals surface area contributed by atoms with Crippen molar-refractivity contribution in [2.75, 3.05) is 5.32 Å². The summed E-state index contributed by atoms with van der Waals surface area (Å²) >= 11 is 0. The van der Waals surface area contributed by atoms with Crippen molar-refractivity contribution in [2.24, 2.45) is 0 Å². The number of hydrogen-bond donors (Lipinski definition) is 4. The number of nitrogens with one attached hydrogen (secondary N) is 1. The maximum Gasteiger partial charge on any atom is 0.158 e. The third-order valence-electron chi connectivity index (χ3n) is 2.81. The fraction of sp³-hybridized carbons (Fsp3) is 0.545. The van der Waals surface area contributed by atoms with Gasteiger partial charge in [-0.25, -0.2) is 4.98 Å². The molecule has 1 aromatic heterocycles. The Hall–Kier alpha value is -1.21. The summed E-state index contributed by atoms with van der Waals surface area (Å²) < 4.78 is 5.37. The maximum absolute atomic E-state index is 9.76. The number of pyridine rings is 1. The molecule has 1 fully saturated rings. The van der Waals surface area contributed by atoms with E-state index in [9.17, 15) is 15.3 Å². The molecule has 0 radical (unpaired) electrons. The van der Waals surface area contributed by atoms with Crippen LogP contribution in [0.15, 0.2) is 24.4 Å². The lowest BCUT2D eigenvalue weighted by molar-refractivity contribution is -0.209. The third-order valence-corrected chi connectivity index (χ3v) is 2.81. The Balaban J connectivity index is 2.06. The third kappa shape index (κ3) is 2.55. The zero-order valence-electron chi connectivity index (χ0n) is 9.39. The lowest BCUT2D eigenvalue weighted by Gasteiger charge is -2.39. The molecular weight excluding hydrogens is 224 g/mol. The molecule has 2 rings (SSSR count). The summed E-state index contributed by atoms with van der Waals surface area (Å²) in [6, 6.07) is 5.28. The van der Waals surface area contributed by atoms with Crippen molar-refractivity contribution in [3.8, 4) is 0 Å². The van der Waals surface area contributed by atoms with Gasteiger partial charge in [-0.1, -0.05) is 6.07 Å². The highest BCUT2D eigenvalue weighted by atomic mass is 16.5. The minimum atomic E-state index is -1.24. The van der Waals surface area contributed by atoms with Gasteiger partial charge in [-0.05, 0) is 19.1 Å². The zero-order chi connectivity index (χ0) is 12.4. The van der Waals surface area contributed by atoms with Gasteiger partial charge in [-0.3, -0.25) is 0 Å². The smallest absolute Gasteiger partial charge is 0.158 e. The van der Waals surface area contributed by atoms with Crippen LogP contribution in [0.2, 0.25) is 0 Å². The van der Waals surface area contributed by atoms with E-state index in [2.05, 4.69) is 10.3 Å². The predicted octanol–water partition coefficient (Wildman–Crippen LogP) is -0.679. The number of aliphatic hydroxyl groups is 3. The second kappa shape index (κ2) is 4.97. The van der Waals surface area contributed by atoms with E-state index in [1.165, 1.54) is 0 Å². The SMILES string of the molecule is C[C@@H]1O[C@H](Nc2ccccn2)[C@H](O)[C@H](O)[C@H]1O. The van der Waals surface area contributed by atoms with Gasteiger partial charge in [0, 0.05) is 6.20 Å². The summed E-state index contributed by atoms with van der Waals surface area (Å²) in [4.78, 5) is 4.03. The van der Waals surface area contributed by atoms with Gasteiger partial charge < -0.3 is 25.4 Å². The Morgan fingerprint density at radius 2 is 1.94 bits per heavy atom. The normalized spacial score (nSPS) is 37.8. The quantitative estimate of drug-likeness (QED) is 0.547. The van der Waals surface area contributed by atoms with Crippen molar-refractivity contribution >= 4 is 5.82 Å². The van der Waals surface area contributed by atoms with Crippen LogP contribution in [0, 0.1) is 0 Å². The predicted molar refractivity (Wildman–Crippen MR) is 60.2 cm³/mol. The van der Waals surface area contributed by atoms with Crippen molar-refractivity contribution in [1.29, 1.82) is 0 Å². The molecule has 0 saturated carbocycles. The molecule has 1 saturated heterocycles. The summed E-state index contributed by atoms with van der Waals surface area (Å²) in [5.74, 6) is 0.535. The summed E-state index contributed by atoms with van der Waals surface area (Å²) in [7, 11) is 0. The van der Waals surface area contributed by atoms with Gasteiger partial charge in [0.15, 0.2) is 6.23 Å². The summed E-state index contributed by atoms with van der Waals surface area (Å²) in [5.41, 5.74) is 0. The molecule has 17 heavy (non-hydrogen) atoms.